The van der Waals surface area contributed by atoms with Gasteiger partial charge in [-0.15, -0.1) is 22.7 Å². The molecule has 0 saturated carbocycles. The van der Waals surface area contributed by atoms with Gasteiger partial charge in [0.25, 0.3) is 11.8 Å². The van der Waals surface area contributed by atoms with E-state index in [0.717, 1.165) is 29.3 Å². The minimum atomic E-state index is -0.0436. The molecule has 1 aliphatic rings. The molecule has 1 atom stereocenters. The van der Waals surface area contributed by atoms with Gasteiger partial charge in [0.05, 0.1) is 17.1 Å². The summed E-state index contributed by atoms with van der Waals surface area (Å²) in [5.41, 5.74) is 0. The summed E-state index contributed by atoms with van der Waals surface area (Å²) >= 11 is 2.85. The molecule has 0 N–H and O–H groups in total. The van der Waals surface area contributed by atoms with Crippen molar-refractivity contribution in [3.8, 4) is 0 Å². The molecule has 0 aromatic carbocycles. The lowest BCUT2D eigenvalue weighted by Crippen LogP contribution is -2.29. The van der Waals surface area contributed by atoms with Crippen molar-refractivity contribution < 1.29 is 9.59 Å². The third-order valence-corrected chi connectivity index (χ3v) is 5.62. The van der Waals surface area contributed by atoms with Crippen LogP contribution in [-0.4, -0.2) is 47.2 Å². The Morgan fingerprint density at radius 2 is 2.18 bits per heavy atom. The van der Waals surface area contributed by atoms with E-state index in [4.69, 9.17) is 0 Å². The van der Waals surface area contributed by atoms with Gasteiger partial charge in [-0.05, 0) is 24.3 Å². The molecule has 1 fully saturated rings. The average Bonchev–Trinajstić information content (AvgIpc) is 3.24. The topological polar surface area (TPSA) is 53.5 Å². The molecule has 1 aliphatic heterocycles. The molecule has 2 aromatic heterocycles. The number of thiophene rings is 1. The van der Waals surface area contributed by atoms with E-state index in [-0.39, 0.29) is 17.9 Å². The maximum atomic E-state index is 12.6. The zero-order valence-electron chi connectivity index (χ0n) is 12.5. The molecule has 3 heterocycles. The fraction of sp³-hybridized carbons (Fsp3) is 0.400. The Labute approximate surface area is 137 Å². The first-order valence-electron chi connectivity index (χ1n) is 7.10. The molecule has 1 unspecified atom stereocenters. The fourth-order valence-electron chi connectivity index (χ4n) is 2.57. The Hall–Kier alpha value is -1.73. The van der Waals surface area contributed by atoms with Gasteiger partial charge in [-0.3, -0.25) is 9.59 Å². The molecule has 2 amide bonds. The van der Waals surface area contributed by atoms with Crippen molar-refractivity contribution in [2.45, 2.75) is 18.9 Å². The summed E-state index contributed by atoms with van der Waals surface area (Å²) in [6, 6.07) is 3.73. The van der Waals surface area contributed by atoms with Crippen LogP contribution < -0.4 is 0 Å². The lowest BCUT2D eigenvalue weighted by Gasteiger charge is -2.22. The second-order valence-electron chi connectivity index (χ2n) is 5.40. The van der Waals surface area contributed by atoms with Crippen molar-refractivity contribution >= 4 is 34.5 Å². The molecule has 3 rings (SSSR count). The number of hydrogen-bond donors (Lipinski definition) is 0. The fourth-order valence-corrected chi connectivity index (χ4v) is 4.34. The van der Waals surface area contributed by atoms with Crippen molar-refractivity contribution in [2.24, 2.45) is 0 Å². The van der Waals surface area contributed by atoms with Gasteiger partial charge in [-0.2, -0.15) is 0 Å². The van der Waals surface area contributed by atoms with E-state index in [1.54, 1.807) is 25.2 Å². The maximum Gasteiger partial charge on any atom is 0.265 e. The second-order valence-corrected chi connectivity index (χ2v) is 7.41. The molecular formula is C15H17N3O2S2. The van der Waals surface area contributed by atoms with Crippen LogP contribution in [0.2, 0.25) is 0 Å². The van der Waals surface area contributed by atoms with E-state index in [1.807, 2.05) is 22.4 Å². The highest BCUT2D eigenvalue weighted by Gasteiger charge is 2.33. The van der Waals surface area contributed by atoms with E-state index in [0.29, 0.717) is 4.88 Å². The largest absolute Gasteiger partial charge is 0.344 e. The summed E-state index contributed by atoms with van der Waals surface area (Å²) in [5.74, 6) is 0.0195. The Kier molecular flexibility index (Phi) is 4.26. The minimum absolute atomic E-state index is 0.0108. The van der Waals surface area contributed by atoms with E-state index in [2.05, 4.69) is 4.98 Å². The van der Waals surface area contributed by atoms with Gasteiger partial charge in [0.15, 0.2) is 0 Å². The molecule has 22 heavy (non-hydrogen) atoms. The SMILES string of the molecule is CN(C)C(=O)c1cnc(C2CCCN2C(=O)c2cccs2)s1. The third-order valence-electron chi connectivity index (χ3n) is 3.67. The number of carbonyl (C=O) groups is 2. The first-order chi connectivity index (χ1) is 10.6. The summed E-state index contributed by atoms with van der Waals surface area (Å²) in [7, 11) is 3.45. The van der Waals surface area contributed by atoms with E-state index < -0.39 is 0 Å². The number of carbonyl (C=O) groups excluding carboxylic acids is 2. The van der Waals surface area contributed by atoms with E-state index >= 15 is 0 Å². The van der Waals surface area contributed by atoms with Gasteiger partial charge in [-0.25, -0.2) is 4.98 Å². The van der Waals surface area contributed by atoms with Crippen molar-refractivity contribution in [1.82, 2.24) is 14.8 Å². The number of rotatable bonds is 3. The van der Waals surface area contributed by atoms with Crippen molar-refractivity contribution in [3.63, 3.8) is 0 Å². The Morgan fingerprint density at radius 1 is 1.36 bits per heavy atom. The highest BCUT2D eigenvalue weighted by Crippen LogP contribution is 2.35. The molecule has 1 saturated heterocycles. The van der Waals surface area contributed by atoms with Gasteiger partial charge in [0.1, 0.15) is 9.88 Å². The summed E-state index contributed by atoms with van der Waals surface area (Å²) in [4.78, 5) is 33.8. The molecule has 0 bridgehead atoms. The van der Waals surface area contributed by atoms with Crippen LogP contribution in [-0.2, 0) is 0 Å². The second kappa shape index (κ2) is 6.18. The predicted octanol–water partition coefficient (Wildman–Crippen LogP) is 2.88. The number of nitrogens with zero attached hydrogens (tertiary/aromatic N) is 3. The number of thiazole rings is 1. The quantitative estimate of drug-likeness (QED) is 0.867. The summed E-state index contributed by atoms with van der Waals surface area (Å²) < 4.78 is 0. The molecule has 0 aliphatic carbocycles. The number of aromatic nitrogens is 1. The van der Waals surface area contributed by atoms with Crippen LogP contribution in [0.15, 0.2) is 23.7 Å². The van der Waals surface area contributed by atoms with E-state index in [9.17, 15) is 9.59 Å². The molecule has 0 spiro atoms. The monoisotopic (exact) mass is 335 g/mol. The van der Waals surface area contributed by atoms with Crippen LogP contribution in [0.25, 0.3) is 0 Å². The maximum absolute atomic E-state index is 12.6. The van der Waals surface area contributed by atoms with Gasteiger partial charge >= 0.3 is 0 Å². The summed E-state index contributed by atoms with van der Waals surface area (Å²) in [5, 5.41) is 2.77. The number of likely N-dealkylation sites (tertiary alicyclic amines) is 1. The van der Waals surface area contributed by atoms with Crippen LogP contribution in [0.5, 0.6) is 0 Å². The van der Waals surface area contributed by atoms with Crippen LogP contribution >= 0.6 is 22.7 Å². The zero-order chi connectivity index (χ0) is 15.7. The first-order valence-corrected chi connectivity index (χ1v) is 8.79. The lowest BCUT2D eigenvalue weighted by molar-refractivity contribution is 0.0740. The molecular weight excluding hydrogens is 318 g/mol. The van der Waals surface area contributed by atoms with Gasteiger partial charge in [-0.1, -0.05) is 6.07 Å². The van der Waals surface area contributed by atoms with Gasteiger partial charge in [0.2, 0.25) is 0 Å². The molecule has 0 radical (unpaired) electrons. The third kappa shape index (κ3) is 2.78. The van der Waals surface area contributed by atoms with Crippen LogP contribution in [0.3, 0.4) is 0 Å². The highest BCUT2D eigenvalue weighted by atomic mass is 32.1. The minimum Gasteiger partial charge on any atom is -0.344 e. The highest BCUT2D eigenvalue weighted by molar-refractivity contribution is 7.13. The molecule has 116 valence electrons. The van der Waals surface area contributed by atoms with E-state index in [1.165, 1.54) is 22.7 Å². The summed E-state index contributed by atoms with van der Waals surface area (Å²) in [6.07, 6.45) is 3.49. The Morgan fingerprint density at radius 3 is 2.86 bits per heavy atom. The number of hydrogen-bond acceptors (Lipinski definition) is 5. The van der Waals surface area contributed by atoms with Crippen molar-refractivity contribution in [1.29, 1.82) is 0 Å². The average molecular weight is 335 g/mol. The standard InChI is InChI=1S/C15H17N3O2S2/c1-17(2)14(19)12-9-16-13(22-12)10-5-3-7-18(10)15(20)11-6-4-8-21-11/h4,6,8-10H,3,5,7H2,1-2H3. The van der Waals surface area contributed by atoms with Crippen LogP contribution in [0.4, 0.5) is 0 Å². The van der Waals surface area contributed by atoms with Gasteiger partial charge in [0, 0.05) is 20.6 Å². The number of amides is 2. The first kappa shape index (κ1) is 15.2. The molecule has 2 aromatic rings. The summed E-state index contributed by atoms with van der Waals surface area (Å²) in [6.45, 7) is 0.748. The predicted molar refractivity (Wildman–Crippen MR) is 87.5 cm³/mol. The molecule has 7 heteroatoms. The zero-order valence-corrected chi connectivity index (χ0v) is 14.1. The van der Waals surface area contributed by atoms with Gasteiger partial charge < -0.3 is 9.80 Å². The van der Waals surface area contributed by atoms with Crippen LogP contribution in [0, 0.1) is 0 Å². The normalized spacial score (nSPS) is 17.7. The Balaban J connectivity index is 1.82. The smallest absolute Gasteiger partial charge is 0.265 e. The molecule has 5 nitrogen and oxygen atoms in total. The van der Waals surface area contributed by atoms with Crippen molar-refractivity contribution in [3.05, 3.63) is 38.5 Å². The lowest BCUT2D eigenvalue weighted by atomic mass is 10.2. The Bertz CT molecular complexity index is 679. The van der Waals surface area contributed by atoms with Crippen molar-refractivity contribution in [2.75, 3.05) is 20.6 Å². The van der Waals surface area contributed by atoms with Crippen LogP contribution in [0.1, 0.15) is 43.2 Å².